The largest absolute Gasteiger partial charge is 0.297 e. The number of hydrogen-bond donors (Lipinski definition) is 1. The van der Waals surface area contributed by atoms with E-state index in [0.29, 0.717) is 6.07 Å². The maximum absolute atomic E-state index is 13.2. The molecule has 0 fully saturated rings. The molecule has 0 aromatic heterocycles. The Kier molecular flexibility index (Phi) is 3.41. The molecule has 1 N–H and O–H groups in total. The molecule has 0 radical (unpaired) electrons. The van der Waals surface area contributed by atoms with Gasteiger partial charge in [0.25, 0.3) is 16.5 Å². The molecule has 0 amide bonds. The van der Waals surface area contributed by atoms with Crippen LogP contribution in [-0.4, -0.2) is 13.0 Å². The van der Waals surface area contributed by atoms with Gasteiger partial charge in [0.15, 0.2) is 5.82 Å². The molecule has 0 atom stereocenters. The first-order chi connectivity index (χ1) is 6.75. The summed E-state index contributed by atoms with van der Waals surface area (Å²) in [5, 5.41) is 0. The van der Waals surface area contributed by atoms with Crippen LogP contribution in [0.15, 0.2) is 21.5 Å². The van der Waals surface area contributed by atoms with Gasteiger partial charge in [-0.3, -0.25) is 4.55 Å². The quantitative estimate of drug-likeness (QED) is 0.855. The molecule has 0 spiro atoms. The van der Waals surface area contributed by atoms with E-state index in [0.717, 1.165) is 6.07 Å². The Hall–Kier alpha value is -0.600. The Morgan fingerprint density at radius 3 is 2.27 bits per heavy atom. The minimum atomic E-state index is -4.84. The Bertz CT molecular complexity index is 486. The third-order valence-electron chi connectivity index (χ3n) is 1.59. The molecule has 0 aliphatic carbocycles. The van der Waals surface area contributed by atoms with Crippen LogP contribution in [0.3, 0.4) is 0 Å². The molecule has 1 aromatic rings. The van der Waals surface area contributed by atoms with Crippen LogP contribution in [0.2, 0.25) is 0 Å². The smallest absolute Gasteiger partial charge is 0.282 e. The minimum Gasteiger partial charge on any atom is -0.282 e. The van der Waals surface area contributed by atoms with Crippen molar-refractivity contribution in [1.82, 2.24) is 0 Å². The van der Waals surface area contributed by atoms with Gasteiger partial charge in [0.2, 0.25) is 0 Å². The van der Waals surface area contributed by atoms with E-state index in [2.05, 4.69) is 15.9 Å². The second kappa shape index (κ2) is 4.11. The lowest BCUT2D eigenvalue weighted by Gasteiger charge is -2.07. The van der Waals surface area contributed by atoms with E-state index < -0.39 is 32.8 Å². The molecule has 15 heavy (non-hydrogen) atoms. The fourth-order valence-electron chi connectivity index (χ4n) is 0.949. The highest BCUT2D eigenvalue weighted by molar-refractivity contribution is 9.10. The van der Waals surface area contributed by atoms with Crippen LogP contribution in [0.4, 0.5) is 13.2 Å². The summed E-state index contributed by atoms with van der Waals surface area (Å²) in [6.45, 7) is 0. The van der Waals surface area contributed by atoms with Crippen LogP contribution >= 0.6 is 15.9 Å². The molecule has 1 aromatic carbocycles. The van der Waals surface area contributed by atoms with Crippen molar-refractivity contribution in [3.05, 3.63) is 28.0 Å². The average molecular weight is 305 g/mol. The molecule has 8 heteroatoms. The number of hydrogen-bond acceptors (Lipinski definition) is 2. The van der Waals surface area contributed by atoms with Gasteiger partial charge in [-0.25, -0.2) is 13.2 Å². The molecule has 0 unspecified atom stereocenters. The first-order valence-electron chi connectivity index (χ1n) is 3.48. The van der Waals surface area contributed by atoms with Crippen molar-refractivity contribution in [3.63, 3.8) is 0 Å². The van der Waals surface area contributed by atoms with Gasteiger partial charge in [0.1, 0.15) is 4.90 Å². The van der Waals surface area contributed by atoms with Crippen molar-refractivity contribution in [3.8, 4) is 0 Å². The predicted molar refractivity (Wildman–Crippen MR) is 48.9 cm³/mol. The molecule has 0 aliphatic rings. The van der Waals surface area contributed by atoms with Crippen molar-refractivity contribution in [2.24, 2.45) is 0 Å². The number of halogens is 4. The summed E-state index contributed by atoms with van der Waals surface area (Å²) in [5.74, 6) is -1.65. The lowest BCUT2D eigenvalue weighted by Crippen LogP contribution is -2.05. The molecule has 0 heterocycles. The Morgan fingerprint density at radius 1 is 1.33 bits per heavy atom. The zero-order valence-corrected chi connectivity index (χ0v) is 9.32. The van der Waals surface area contributed by atoms with Gasteiger partial charge in [-0.1, -0.05) is 15.9 Å². The van der Waals surface area contributed by atoms with Gasteiger partial charge < -0.3 is 0 Å². The molecule has 0 saturated heterocycles. The summed E-state index contributed by atoms with van der Waals surface area (Å²) in [6.07, 6.45) is -3.18. The van der Waals surface area contributed by atoms with Crippen LogP contribution < -0.4 is 0 Å². The lowest BCUT2D eigenvalue weighted by atomic mass is 10.2. The fraction of sp³-hybridized carbons (Fsp3) is 0.143. The summed E-state index contributed by atoms with van der Waals surface area (Å²) in [5.41, 5.74) is -1.09. The molecule has 0 aliphatic heterocycles. The highest BCUT2D eigenvalue weighted by atomic mass is 79.9. The zero-order valence-electron chi connectivity index (χ0n) is 6.92. The summed E-state index contributed by atoms with van der Waals surface area (Å²) in [4.78, 5) is -1.17. The van der Waals surface area contributed by atoms with Crippen molar-refractivity contribution in [2.75, 3.05) is 0 Å². The summed E-state index contributed by atoms with van der Waals surface area (Å²) >= 11 is 2.65. The number of rotatable bonds is 2. The SMILES string of the molecule is O=S(=O)(O)c1ccc(Br)c(C(F)F)c1F. The van der Waals surface area contributed by atoms with Crippen LogP contribution in [0, 0.1) is 5.82 Å². The van der Waals surface area contributed by atoms with Gasteiger partial charge in [-0.2, -0.15) is 8.42 Å². The van der Waals surface area contributed by atoms with Crippen molar-refractivity contribution in [2.45, 2.75) is 11.3 Å². The normalized spacial score (nSPS) is 12.1. The second-order valence-electron chi connectivity index (χ2n) is 2.55. The van der Waals surface area contributed by atoms with E-state index in [4.69, 9.17) is 4.55 Å². The second-order valence-corrected chi connectivity index (χ2v) is 4.79. The van der Waals surface area contributed by atoms with E-state index >= 15 is 0 Å². The lowest BCUT2D eigenvalue weighted by molar-refractivity contribution is 0.144. The Balaban J connectivity index is 3.56. The van der Waals surface area contributed by atoms with Gasteiger partial charge in [-0.15, -0.1) is 0 Å². The van der Waals surface area contributed by atoms with Gasteiger partial charge >= 0.3 is 0 Å². The van der Waals surface area contributed by atoms with E-state index in [1.54, 1.807) is 0 Å². The average Bonchev–Trinajstić information content (AvgIpc) is 2.00. The van der Waals surface area contributed by atoms with E-state index in [9.17, 15) is 21.6 Å². The van der Waals surface area contributed by atoms with Crippen LogP contribution in [0.5, 0.6) is 0 Å². The first kappa shape index (κ1) is 12.5. The van der Waals surface area contributed by atoms with E-state index in [1.807, 2.05) is 0 Å². The maximum Gasteiger partial charge on any atom is 0.297 e. The van der Waals surface area contributed by atoms with Gasteiger partial charge in [0, 0.05) is 4.47 Å². The van der Waals surface area contributed by atoms with E-state index in [-0.39, 0.29) is 4.47 Å². The summed E-state index contributed by atoms with van der Waals surface area (Å²) < 4.78 is 67.3. The molecule has 0 bridgehead atoms. The number of benzene rings is 1. The molecule has 84 valence electrons. The molecular formula is C7H4BrF3O3S. The van der Waals surface area contributed by atoms with Crippen LogP contribution in [-0.2, 0) is 10.1 Å². The minimum absolute atomic E-state index is 0.262. The number of alkyl halides is 2. The third-order valence-corrected chi connectivity index (χ3v) is 3.15. The topological polar surface area (TPSA) is 54.4 Å². The van der Waals surface area contributed by atoms with Crippen molar-refractivity contribution in [1.29, 1.82) is 0 Å². The Labute approximate surface area is 91.8 Å². The van der Waals surface area contributed by atoms with Gasteiger partial charge in [0.05, 0.1) is 5.56 Å². The molecular weight excluding hydrogens is 301 g/mol. The highest BCUT2D eigenvalue weighted by Gasteiger charge is 2.25. The van der Waals surface area contributed by atoms with Crippen LogP contribution in [0.1, 0.15) is 12.0 Å². The van der Waals surface area contributed by atoms with Gasteiger partial charge in [-0.05, 0) is 12.1 Å². The first-order valence-corrected chi connectivity index (χ1v) is 5.72. The fourth-order valence-corrected chi connectivity index (χ4v) is 2.00. The van der Waals surface area contributed by atoms with Crippen molar-refractivity contribution >= 4 is 26.0 Å². The van der Waals surface area contributed by atoms with Crippen molar-refractivity contribution < 1.29 is 26.1 Å². The summed E-state index contributed by atoms with van der Waals surface area (Å²) in [7, 11) is -4.84. The van der Waals surface area contributed by atoms with E-state index in [1.165, 1.54) is 0 Å². The molecule has 0 saturated carbocycles. The standard InChI is InChI=1S/C7H4BrF3O3S/c8-3-1-2-4(15(12,13)14)6(9)5(3)7(10)11/h1-2,7H,(H,12,13,14). The maximum atomic E-state index is 13.2. The highest BCUT2D eigenvalue weighted by Crippen LogP contribution is 2.32. The summed E-state index contributed by atoms with van der Waals surface area (Å²) in [6, 6.07) is 1.62. The zero-order chi connectivity index (χ0) is 11.8. The van der Waals surface area contributed by atoms with Crippen LogP contribution in [0.25, 0.3) is 0 Å². The molecule has 3 nitrogen and oxygen atoms in total. The monoisotopic (exact) mass is 304 g/mol. The molecule has 1 rings (SSSR count). The predicted octanol–water partition coefficient (Wildman–Crippen LogP) is 2.77. The third kappa shape index (κ3) is 2.50. The Morgan fingerprint density at radius 2 is 1.87 bits per heavy atom.